The van der Waals surface area contributed by atoms with Gasteiger partial charge in [-0.05, 0) is 19.9 Å². The number of hydrogen-bond donors (Lipinski definition) is 0. The van der Waals surface area contributed by atoms with Gasteiger partial charge in [0.1, 0.15) is 0 Å². The van der Waals surface area contributed by atoms with E-state index in [0.717, 1.165) is 32.5 Å². The third-order valence-electron chi connectivity index (χ3n) is 6.12. The van der Waals surface area contributed by atoms with Crippen molar-refractivity contribution in [3.05, 3.63) is 0 Å². The summed E-state index contributed by atoms with van der Waals surface area (Å²) in [6, 6.07) is 0.118. The Morgan fingerprint density at radius 2 is 1.88 bits per heavy atom. The van der Waals surface area contributed by atoms with E-state index in [4.69, 9.17) is 9.47 Å². The highest BCUT2D eigenvalue weighted by Gasteiger charge is 2.44. The maximum Gasteiger partial charge on any atom is 0.320 e. The fraction of sp³-hybridized carbons (Fsp3) is 0.889. The molecule has 3 fully saturated rings. The average Bonchev–Trinajstić information content (AvgIpc) is 2.83. The van der Waals surface area contributed by atoms with Crippen molar-refractivity contribution in [1.82, 2.24) is 19.6 Å². The van der Waals surface area contributed by atoms with Gasteiger partial charge in [-0.1, -0.05) is 0 Å². The normalized spacial score (nSPS) is 28.5. The molecule has 3 saturated heterocycles. The highest BCUT2D eigenvalue weighted by Crippen LogP contribution is 2.32. The van der Waals surface area contributed by atoms with Crippen LogP contribution in [0.4, 0.5) is 4.79 Å². The molecule has 3 aliphatic heterocycles. The van der Waals surface area contributed by atoms with Gasteiger partial charge in [-0.15, -0.1) is 0 Å². The van der Waals surface area contributed by atoms with Crippen molar-refractivity contribution in [2.75, 3.05) is 79.8 Å². The highest BCUT2D eigenvalue weighted by atomic mass is 16.5. The van der Waals surface area contributed by atoms with Gasteiger partial charge in [0, 0.05) is 64.9 Å². The molecule has 8 nitrogen and oxygen atoms in total. The summed E-state index contributed by atoms with van der Waals surface area (Å²) in [6.45, 7) is 6.81. The van der Waals surface area contributed by atoms with Crippen LogP contribution in [0.5, 0.6) is 0 Å². The Bertz CT molecular complexity index is 511. The van der Waals surface area contributed by atoms with Gasteiger partial charge in [0.25, 0.3) is 0 Å². The number of urea groups is 1. The molecule has 148 valence electrons. The van der Waals surface area contributed by atoms with E-state index in [1.54, 1.807) is 7.11 Å². The number of ether oxygens (including phenoxy) is 2. The van der Waals surface area contributed by atoms with Gasteiger partial charge in [-0.2, -0.15) is 0 Å². The van der Waals surface area contributed by atoms with Crippen LogP contribution in [0, 0.1) is 0 Å². The Kier molecular flexibility index (Phi) is 6.37. The number of amides is 3. The molecule has 0 radical (unpaired) electrons. The lowest BCUT2D eigenvalue weighted by Crippen LogP contribution is -2.64. The molecule has 26 heavy (non-hydrogen) atoms. The maximum atomic E-state index is 12.9. The summed E-state index contributed by atoms with van der Waals surface area (Å²) in [4.78, 5) is 33.6. The number of morpholine rings is 1. The number of hydrogen-bond acceptors (Lipinski definition) is 5. The van der Waals surface area contributed by atoms with Crippen molar-refractivity contribution in [2.24, 2.45) is 0 Å². The monoisotopic (exact) mass is 368 g/mol. The molecule has 3 amide bonds. The molecule has 3 heterocycles. The summed E-state index contributed by atoms with van der Waals surface area (Å²) in [7, 11) is 3.79. The zero-order chi connectivity index (χ0) is 18.6. The first-order valence-electron chi connectivity index (χ1n) is 9.65. The number of piperazine rings is 1. The number of nitrogens with zero attached hydrogens (tertiary/aromatic N) is 4. The predicted molar refractivity (Wildman–Crippen MR) is 97.0 cm³/mol. The first-order valence-corrected chi connectivity index (χ1v) is 9.65. The summed E-state index contributed by atoms with van der Waals surface area (Å²) in [5.41, 5.74) is -0.113. The molecule has 0 aromatic carbocycles. The van der Waals surface area contributed by atoms with Crippen LogP contribution < -0.4 is 0 Å². The zero-order valence-electron chi connectivity index (χ0n) is 16.1. The molecule has 0 aliphatic carbocycles. The van der Waals surface area contributed by atoms with Crippen LogP contribution in [0.25, 0.3) is 0 Å². The highest BCUT2D eigenvalue weighted by molar-refractivity contribution is 5.77. The molecule has 0 aromatic heterocycles. The van der Waals surface area contributed by atoms with Crippen molar-refractivity contribution in [3.8, 4) is 0 Å². The smallest absolute Gasteiger partial charge is 0.320 e. The third-order valence-corrected chi connectivity index (χ3v) is 6.12. The number of likely N-dealkylation sites (N-methyl/N-ethyl adjacent to an activating group) is 1. The topological polar surface area (TPSA) is 65.6 Å². The lowest BCUT2D eigenvalue weighted by molar-refractivity contribution is -0.131. The van der Waals surface area contributed by atoms with Gasteiger partial charge in [0.15, 0.2) is 0 Å². The standard InChI is InChI=1S/C18H32N4O4/c1-19-7-8-22(17(24)21-10-13-26-14-11-21)15-18(19)4-3-16(23)20(6-5-18)9-12-25-2/h3-15H2,1-2H3/t18-/m1/s1. The Hall–Kier alpha value is -1.38. The largest absolute Gasteiger partial charge is 0.383 e. The van der Waals surface area contributed by atoms with Crippen LogP contribution in [-0.4, -0.2) is 117 Å². The van der Waals surface area contributed by atoms with Gasteiger partial charge in [-0.3, -0.25) is 9.69 Å². The molecule has 0 unspecified atom stereocenters. The van der Waals surface area contributed by atoms with E-state index in [0.29, 0.717) is 52.4 Å². The Morgan fingerprint density at radius 3 is 2.62 bits per heavy atom. The van der Waals surface area contributed by atoms with E-state index in [9.17, 15) is 9.59 Å². The third kappa shape index (κ3) is 4.13. The summed E-state index contributed by atoms with van der Waals surface area (Å²) >= 11 is 0. The molecule has 3 aliphatic rings. The van der Waals surface area contributed by atoms with Crippen LogP contribution in [0.1, 0.15) is 19.3 Å². The van der Waals surface area contributed by atoms with Crippen molar-refractivity contribution >= 4 is 11.9 Å². The number of carbonyl (C=O) groups is 2. The first-order chi connectivity index (χ1) is 12.6. The molecule has 3 rings (SSSR count). The van der Waals surface area contributed by atoms with Crippen LogP contribution in [0.2, 0.25) is 0 Å². The fourth-order valence-electron chi connectivity index (χ4n) is 4.25. The Labute approximate surface area is 156 Å². The van der Waals surface area contributed by atoms with Crippen LogP contribution in [0.3, 0.4) is 0 Å². The van der Waals surface area contributed by atoms with E-state index in [1.165, 1.54) is 0 Å². The molecular weight excluding hydrogens is 336 g/mol. The summed E-state index contributed by atoms with van der Waals surface area (Å²) < 4.78 is 10.5. The number of methoxy groups -OCH3 is 1. The zero-order valence-corrected chi connectivity index (χ0v) is 16.1. The number of likely N-dealkylation sites (tertiary alicyclic amines) is 1. The number of rotatable bonds is 3. The number of carbonyl (C=O) groups excluding carboxylic acids is 2. The van der Waals surface area contributed by atoms with Gasteiger partial charge in [0.05, 0.1) is 19.8 Å². The van der Waals surface area contributed by atoms with Crippen molar-refractivity contribution < 1.29 is 19.1 Å². The minimum Gasteiger partial charge on any atom is -0.383 e. The van der Waals surface area contributed by atoms with Crippen molar-refractivity contribution in [3.63, 3.8) is 0 Å². The van der Waals surface area contributed by atoms with E-state index in [1.807, 2.05) is 14.7 Å². The molecule has 0 N–H and O–H groups in total. The first kappa shape index (κ1) is 19.4. The van der Waals surface area contributed by atoms with E-state index >= 15 is 0 Å². The molecular formula is C18H32N4O4. The van der Waals surface area contributed by atoms with Crippen molar-refractivity contribution in [2.45, 2.75) is 24.8 Å². The fourth-order valence-corrected chi connectivity index (χ4v) is 4.25. The second-order valence-corrected chi connectivity index (χ2v) is 7.57. The lowest BCUT2D eigenvalue weighted by atomic mass is 9.86. The minimum atomic E-state index is -0.113. The lowest BCUT2D eigenvalue weighted by Gasteiger charge is -2.50. The van der Waals surface area contributed by atoms with E-state index < -0.39 is 0 Å². The second-order valence-electron chi connectivity index (χ2n) is 7.57. The molecule has 1 spiro atoms. The van der Waals surface area contributed by atoms with Crippen LogP contribution in [0.15, 0.2) is 0 Å². The SMILES string of the molecule is COCCN1CC[C@]2(CCC1=O)CN(C(=O)N1CCOCC1)CCN2C. The summed E-state index contributed by atoms with van der Waals surface area (Å²) in [5.74, 6) is 0.198. The molecule has 0 bridgehead atoms. The maximum absolute atomic E-state index is 12.9. The molecule has 1 atom stereocenters. The van der Waals surface area contributed by atoms with Crippen LogP contribution >= 0.6 is 0 Å². The predicted octanol–water partition coefficient (Wildman–Crippen LogP) is 0.0837. The Balaban J connectivity index is 1.67. The van der Waals surface area contributed by atoms with Crippen molar-refractivity contribution in [1.29, 1.82) is 0 Å². The summed E-state index contributed by atoms with van der Waals surface area (Å²) in [6.07, 6.45) is 2.23. The molecule has 0 saturated carbocycles. The van der Waals surface area contributed by atoms with Crippen LogP contribution in [-0.2, 0) is 14.3 Å². The summed E-state index contributed by atoms with van der Waals surface area (Å²) in [5, 5.41) is 0. The average molecular weight is 368 g/mol. The molecule has 0 aromatic rings. The van der Waals surface area contributed by atoms with E-state index in [-0.39, 0.29) is 17.5 Å². The van der Waals surface area contributed by atoms with Gasteiger partial charge >= 0.3 is 6.03 Å². The Morgan fingerprint density at radius 1 is 1.12 bits per heavy atom. The van der Waals surface area contributed by atoms with Gasteiger partial charge in [0.2, 0.25) is 5.91 Å². The van der Waals surface area contributed by atoms with Gasteiger partial charge < -0.3 is 24.2 Å². The van der Waals surface area contributed by atoms with E-state index in [2.05, 4.69) is 11.9 Å². The second kappa shape index (κ2) is 8.54. The van der Waals surface area contributed by atoms with Gasteiger partial charge in [-0.25, -0.2) is 4.79 Å². The quantitative estimate of drug-likeness (QED) is 0.706. The minimum absolute atomic E-state index is 0.113. The molecule has 8 heteroatoms.